The molecule has 0 radical (unpaired) electrons. The van der Waals surface area contributed by atoms with Gasteiger partial charge in [-0.3, -0.25) is 9.79 Å². The van der Waals surface area contributed by atoms with E-state index in [1.807, 2.05) is 4.90 Å². The first-order valence-corrected chi connectivity index (χ1v) is 9.38. The number of halogens is 1. The Bertz CT molecular complexity index is 503. The molecule has 0 spiro atoms. The van der Waals surface area contributed by atoms with Crippen LogP contribution < -0.4 is 5.32 Å². The fourth-order valence-electron chi connectivity index (χ4n) is 4.57. The van der Waals surface area contributed by atoms with E-state index in [-0.39, 0.29) is 35.3 Å². The van der Waals surface area contributed by atoms with Gasteiger partial charge < -0.3 is 19.9 Å². The first kappa shape index (κ1) is 20.7. The molecule has 1 amide bonds. The maximum atomic E-state index is 11.5. The summed E-state index contributed by atoms with van der Waals surface area (Å²) in [6.07, 6.45) is 2.78. The van der Waals surface area contributed by atoms with E-state index in [9.17, 15) is 4.79 Å². The molecule has 3 aliphatic rings. The van der Waals surface area contributed by atoms with Crippen molar-refractivity contribution < 1.29 is 9.53 Å². The minimum absolute atomic E-state index is 0. The van der Waals surface area contributed by atoms with E-state index < -0.39 is 0 Å². The van der Waals surface area contributed by atoms with E-state index in [0.717, 1.165) is 51.7 Å². The summed E-state index contributed by atoms with van der Waals surface area (Å²) in [5.74, 6) is 1.76. The Morgan fingerprint density at radius 1 is 1.24 bits per heavy atom. The molecule has 0 aromatic rings. The van der Waals surface area contributed by atoms with E-state index in [4.69, 9.17) is 9.73 Å². The van der Waals surface area contributed by atoms with Crippen LogP contribution >= 0.6 is 24.0 Å². The highest BCUT2D eigenvalue weighted by atomic mass is 127. The fraction of sp³-hybridized carbons (Fsp3) is 0.889. The summed E-state index contributed by atoms with van der Waals surface area (Å²) in [6.45, 7) is 13.3. The number of hydrogen-bond donors (Lipinski definition) is 1. The average molecular weight is 464 g/mol. The lowest BCUT2D eigenvalue weighted by Crippen LogP contribution is -2.71. The molecule has 3 unspecified atom stereocenters. The van der Waals surface area contributed by atoms with Gasteiger partial charge in [0, 0.05) is 63.6 Å². The number of nitrogens with zero attached hydrogens (tertiary/aromatic N) is 3. The van der Waals surface area contributed by atoms with Crippen molar-refractivity contribution in [3.8, 4) is 0 Å². The lowest BCUT2D eigenvalue weighted by Gasteiger charge is -2.60. The summed E-state index contributed by atoms with van der Waals surface area (Å²) in [6, 6.07) is 0.416. The molecule has 25 heavy (non-hydrogen) atoms. The number of carbonyl (C=O) groups is 1. The Hall–Kier alpha value is -0.570. The van der Waals surface area contributed by atoms with Gasteiger partial charge in [-0.1, -0.05) is 13.8 Å². The molecule has 3 rings (SSSR count). The van der Waals surface area contributed by atoms with Crippen LogP contribution in [0, 0.1) is 11.3 Å². The second kappa shape index (κ2) is 8.41. The first-order chi connectivity index (χ1) is 11.4. The van der Waals surface area contributed by atoms with Crippen LogP contribution in [0.4, 0.5) is 0 Å². The summed E-state index contributed by atoms with van der Waals surface area (Å²) in [4.78, 5) is 20.5. The van der Waals surface area contributed by atoms with Crippen molar-refractivity contribution in [2.75, 3.05) is 39.3 Å². The minimum atomic E-state index is 0. The number of amides is 1. The van der Waals surface area contributed by atoms with Crippen molar-refractivity contribution in [2.24, 2.45) is 16.3 Å². The number of nitrogens with one attached hydrogen (secondary N) is 1. The summed E-state index contributed by atoms with van der Waals surface area (Å²) in [5, 5.41) is 3.75. The molecule has 3 fully saturated rings. The molecule has 2 saturated heterocycles. The van der Waals surface area contributed by atoms with Crippen molar-refractivity contribution in [1.82, 2.24) is 15.1 Å². The second-order valence-electron chi connectivity index (χ2n) is 7.83. The van der Waals surface area contributed by atoms with Gasteiger partial charge in [0.1, 0.15) is 0 Å². The molecule has 144 valence electrons. The van der Waals surface area contributed by atoms with Gasteiger partial charge >= 0.3 is 0 Å². The molecule has 2 aliphatic heterocycles. The van der Waals surface area contributed by atoms with E-state index in [2.05, 4.69) is 31.0 Å². The largest absolute Gasteiger partial charge is 0.377 e. The van der Waals surface area contributed by atoms with E-state index in [1.165, 1.54) is 6.42 Å². The molecule has 1 aliphatic carbocycles. The Kier molecular flexibility index (Phi) is 6.98. The minimum Gasteiger partial charge on any atom is -0.377 e. The molecule has 1 N–H and O–H groups in total. The van der Waals surface area contributed by atoms with Crippen LogP contribution in [0.3, 0.4) is 0 Å². The number of aliphatic imine (C=N–C) groups is 1. The summed E-state index contributed by atoms with van der Waals surface area (Å²) >= 11 is 0. The predicted octanol–water partition coefficient (Wildman–Crippen LogP) is 1.94. The number of hydrogen-bond acceptors (Lipinski definition) is 3. The zero-order chi connectivity index (χ0) is 17.3. The highest BCUT2D eigenvalue weighted by molar-refractivity contribution is 14.0. The average Bonchev–Trinajstić information content (AvgIpc) is 2.58. The maximum absolute atomic E-state index is 11.5. The second-order valence-corrected chi connectivity index (χ2v) is 7.83. The van der Waals surface area contributed by atoms with Gasteiger partial charge in [-0.2, -0.15) is 0 Å². The maximum Gasteiger partial charge on any atom is 0.219 e. The van der Waals surface area contributed by atoms with Gasteiger partial charge in [0.25, 0.3) is 0 Å². The van der Waals surface area contributed by atoms with Gasteiger partial charge in [-0.15, -0.1) is 24.0 Å². The van der Waals surface area contributed by atoms with Gasteiger partial charge in [-0.25, -0.2) is 0 Å². The number of fused-ring (bicyclic) bond motifs is 1. The monoisotopic (exact) mass is 464 g/mol. The van der Waals surface area contributed by atoms with Crippen LogP contribution in [-0.4, -0.2) is 73.1 Å². The Morgan fingerprint density at radius 3 is 2.48 bits per heavy atom. The van der Waals surface area contributed by atoms with Crippen molar-refractivity contribution in [1.29, 1.82) is 0 Å². The summed E-state index contributed by atoms with van der Waals surface area (Å²) < 4.78 is 6.01. The van der Waals surface area contributed by atoms with Gasteiger partial charge in [0.15, 0.2) is 5.96 Å². The van der Waals surface area contributed by atoms with Crippen LogP contribution in [0.1, 0.15) is 40.5 Å². The molecule has 3 atom stereocenters. The Morgan fingerprint density at radius 2 is 1.88 bits per heavy atom. The van der Waals surface area contributed by atoms with Crippen LogP contribution in [0.25, 0.3) is 0 Å². The quantitative estimate of drug-likeness (QED) is 0.386. The van der Waals surface area contributed by atoms with Gasteiger partial charge in [-0.05, 0) is 19.8 Å². The fourth-order valence-corrected chi connectivity index (χ4v) is 4.57. The standard InChI is InChI=1S/C18H32N4O2.HI/c1-5-19-17(22-10-8-21(9-11-22)13(2)23)20-15-14-7-6-12-24-16(14)18(15,3)4;/h14-16H,5-12H2,1-4H3,(H,19,20);1H. The number of rotatable bonds is 2. The molecule has 2 heterocycles. The summed E-state index contributed by atoms with van der Waals surface area (Å²) in [5.41, 5.74) is 0.140. The van der Waals surface area contributed by atoms with Crippen molar-refractivity contribution >= 4 is 35.8 Å². The number of guanidine groups is 1. The van der Waals surface area contributed by atoms with Gasteiger partial charge in [0.05, 0.1) is 6.10 Å². The van der Waals surface area contributed by atoms with Crippen molar-refractivity contribution in [3.05, 3.63) is 0 Å². The molecule has 6 nitrogen and oxygen atoms in total. The SMILES string of the molecule is CCN=C(NC1C2CCCOC2C1(C)C)N1CCN(C(C)=O)CC1.I. The lowest BCUT2D eigenvalue weighted by atomic mass is 9.55. The molecular weight excluding hydrogens is 431 g/mol. The van der Waals surface area contributed by atoms with Crippen LogP contribution in [0.5, 0.6) is 0 Å². The molecule has 7 heteroatoms. The third kappa shape index (κ3) is 4.07. The molecule has 0 bridgehead atoms. The molecular formula is C18H33IN4O2. The third-order valence-corrected chi connectivity index (χ3v) is 5.95. The summed E-state index contributed by atoms with van der Waals surface area (Å²) in [7, 11) is 0. The normalized spacial score (nSPS) is 31.5. The Labute approximate surface area is 168 Å². The van der Waals surface area contributed by atoms with Crippen molar-refractivity contribution in [3.63, 3.8) is 0 Å². The van der Waals surface area contributed by atoms with Crippen LogP contribution in [-0.2, 0) is 9.53 Å². The smallest absolute Gasteiger partial charge is 0.219 e. The highest BCUT2D eigenvalue weighted by Gasteiger charge is 2.58. The topological polar surface area (TPSA) is 57.2 Å². The number of ether oxygens (including phenoxy) is 1. The molecule has 0 aromatic carbocycles. The number of piperazine rings is 1. The highest BCUT2D eigenvalue weighted by Crippen LogP contribution is 2.51. The van der Waals surface area contributed by atoms with Crippen molar-refractivity contribution in [2.45, 2.75) is 52.7 Å². The molecule has 0 aromatic heterocycles. The van der Waals surface area contributed by atoms with Gasteiger partial charge in [0.2, 0.25) is 5.91 Å². The molecule has 1 saturated carbocycles. The van der Waals surface area contributed by atoms with E-state index in [1.54, 1.807) is 6.92 Å². The third-order valence-electron chi connectivity index (χ3n) is 5.95. The lowest BCUT2D eigenvalue weighted by molar-refractivity contribution is -0.188. The zero-order valence-electron chi connectivity index (χ0n) is 16.0. The van der Waals surface area contributed by atoms with Crippen LogP contribution in [0.2, 0.25) is 0 Å². The van der Waals surface area contributed by atoms with Crippen LogP contribution in [0.15, 0.2) is 4.99 Å². The predicted molar refractivity (Wildman–Crippen MR) is 110 cm³/mol. The Balaban J connectivity index is 0.00000225. The van der Waals surface area contributed by atoms with E-state index >= 15 is 0 Å². The zero-order valence-corrected chi connectivity index (χ0v) is 18.3. The van der Waals surface area contributed by atoms with E-state index in [0.29, 0.717) is 18.1 Å². The number of carbonyl (C=O) groups excluding carboxylic acids is 1. The first-order valence-electron chi connectivity index (χ1n) is 9.38.